The molecule has 1 aliphatic heterocycles. The van der Waals surface area contributed by atoms with Gasteiger partial charge in [0.25, 0.3) is 11.5 Å². The summed E-state index contributed by atoms with van der Waals surface area (Å²) in [6, 6.07) is 1.59. The van der Waals surface area contributed by atoms with Crippen molar-refractivity contribution in [3.8, 4) is 0 Å². The van der Waals surface area contributed by atoms with Crippen molar-refractivity contribution in [2.45, 2.75) is 96.6 Å². The summed E-state index contributed by atoms with van der Waals surface area (Å²) >= 11 is 0. The molecule has 0 aromatic carbocycles. The molecule has 3 fully saturated rings. The van der Waals surface area contributed by atoms with Crippen LogP contribution in [-0.4, -0.2) is 64.1 Å². The number of piperidine rings is 1. The first-order valence-electron chi connectivity index (χ1n) is 13.9. The number of aromatic nitrogens is 1. The molecule has 2 amide bonds. The maximum atomic E-state index is 13.3. The molecule has 0 bridgehead atoms. The number of aliphatic hydroxyl groups is 1. The van der Waals surface area contributed by atoms with E-state index in [1.807, 2.05) is 18.7 Å². The van der Waals surface area contributed by atoms with Crippen LogP contribution in [0.5, 0.6) is 0 Å². The number of nitrogens with zero attached hydrogens (tertiary/aromatic N) is 3. The summed E-state index contributed by atoms with van der Waals surface area (Å²) in [5, 5.41) is 11.8. The number of hydrogen-bond donors (Lipinski definition) is 1. The smallest absolute Gasteiger partial charge is 0.255 e. The fourth-order valence-electron chi connectivity index (χ4n) is 6.32. The quantitative estimate of drug-likeness (QED) is 0.614. The lowest BCUT2D eigenvalue weighted by molar-refractivity contribution is -0.157. The summed E-state index contributed by atoms with van der Waals surface area (Å²) in [5.74, 6) is 0.977. The van der Waals surface area contributed by atoms with E-state index >= 15 is 0 Å². The fraction of sp³-hybridized carbons (Fsp3) is 0.759. The molecule has 7 nitrogen and oxygen atoms in total. The predicted octanol–water partition coefficient (Wildman–Crippen LogP) is 4.02. The number of hydrogen-bond acceptors (Lipinski definition) is 4. The zero-order valence-electron chi connectivity index (χ0n) is 22.9. The zero-order chi connectivity index (χ0) is 26.3. The third-order valence-corrected chi connectivity index (χ3v) is 9.03. The average molecular weight is 500 g/mol. The van der Waals surface area contributed by atoms with E-state index < -0.39 is 11.0 Å². The topological polar surface area (TPSA) is 82.8 Å². The number of pyridine rings is 1. The molecule has 36 heavy (non-hydrogen) atoms. The van der Waals surface area contributed by atoms with Gasteiger partial charge in [0.05, 0.1) is 17.7 Å². The van der Waals surface area contributed by atoms with Crippen molar-refractivity contribution < 1.29 is 14.7 Å². The average Bonchev–Trinajstić information content (AvgIpc) is 3.67. The Balaban J connectivity index is 1.49. The number of carbonyl (C=O) groups excluding carboxylic acids is 2. The lowest BCUT2D eigenvalue weighted by Gasteiger charge is -2.51. The Morgan fingerprint density at radius 1 is 1.14 bits per heavy atom. The van der Waals surface area contributed by atoms with Gasteiger partial charge in [-0.3, -0.25) is 14.4 Å². The second kappa shape index (κ2) is 10.3. The van der Waals surface area contributed by atoms with Gasteiger partial charge in [-0.05, 0) is 43.1 Å². The van der Waals surface area contributed by atoms with Crippen molar-refractivity contribution in [3.63, 3.8) is 0 Å². The monoisotopic (exact) mass is 499 g/mol. The molecule has 2 heterocycles. The van der Waals surface area contributed by atoms with Crippen LogP contribution in [0.4, 0.5) is 0 Å². The van der Waals surface area contributed by atoms with Gasteiger partial charge in [0, 0.05) is 50.8 Å². The van der Waals surface area contributed by atoms with Crippen LogP contribution in [0.2, 0.25) is 0 Å². The van der Waals surface area contributed by atoms with Crippen LogP contribution < -0.4 is 5.56 Å². The van der Waals surface area contributed by atoms with E-state index in [4.69, 9.17) is 0 Å². The van der Waals surface area contributed by atoms with Gasteiger partial charge in [-0.2, -0.15) is 0 Å². The largest absolute Gasteiger partial charge is 0.387 e. The molecular formula is C29H45N3O4. The van der Waals surface area contributed by atoms with Crippen LogP contribution >= 0.6 is 0 Å². The Morgan fingerprint density at radius 2 is 1.81 bits per heavy atom. The zero-order valence-corrected chi connectivity index (χ0v) is 22.9. The van der Waals surface area contributed by atoms with E-state index in [0.717, 1.165) is 24.8 Å². The van der Waals surface area contributed by atoms with Gasteiger partial charge in [-0.25, -0.2) is 0 Å². The second-order valence-corrected chi connectivity index (χ2v) is 12.6. The van der Waals surface area contributed by atoms with Crippen molar-refractivity contribution >= 4 is 11.8 Å². The predicted molar refractivity (Wildman–Crippen MR) is 141 cm³/mol. The van der Waals surface area contributed by atoms with Crippen LogP contribution in [0.15, 0.2) is 17.1 Å². The van der Waals surface area contributed by atoms with E-state index in [-0.39, 0.29) is 35.8 Å². The van der Waals surface area contributed by atoms with Crippen LogP contribution in [-0.2, 0) is 11.3 Å². The highest BCUT2D eigenvalue weighted by molar-refractivity contribution is 5.95. The van der Waals surface area contributed by atoms with Crippen LogP contribution in [0.25, 0.3) is 0 Å². The van der Waals surface area contributed by atoms with Gasteiger partial charge in [0.1, 0.15) is 0 Å². The SMILES string of the molecule is C[C@H](CC1CCCCC1)C(=O)N1CC[C@@](O)(Cn2cc(C(=O)N(C)C)c(C3CC3)cc2=O)C(C)(C)C1. The minimum absolute atomic E-state index is 0.00714. The Labute approximate surface area is 215 Å². The Hall–Kier alpha value is -2.15. The van der Waals surface area contributed by atoms with Crippen LogP contribution in [0.1, 0.15) is 100 Å². The maximum Gasteiger partial charge on any atom is 0.255 e. The molecule has 1 saturated heterocycles. The molecule has 2 aliphatic carbocycles. The highest BCUT2D eigenvalue weighted by Crippen LogP contribution is 2.43. The minimum Gasteiger partial charge on any atom is -0.387 e. The molecule has 200 valence electrons. The molecule has 3 aliphatic rings. The highest BCUT2D eigenvalue weighted by atomic mass is 16.3. The summed E-state index contributed by atoms with van der Waals surface area (Å²) in [7, 11) is 3.43. The van der Waals surface area contributed by atoms with Crippen molar-refractivity contribution in [2.75, 3.05) is 27.2 Å². The first-order chi connectivity index (χ1) is 16.9. The Kier molecular flexibility index (Phi) is 7.70. The van der Waals surface area contributed by atoms with Gasteiger partial charge in [-0.15, -0.1) is 0 Å². The van der Waals surface area contributed by atoms with E-state index in [1.165, 1.54) is 41.6 Å². The standard InChI is InChI=1S/C29H45N3O4/c1-20(15-21-9-7-6-8-10-21)26(34)31-14-13-29(36,28(2,3)18-31)19-32-17-24(27(35)30(4)5)23(16-25(32)33)22-11-12-22/h16-17,20-22,36H,6-15,18-19H2,1-5H3/t20-,29-/m1/s1. The third-order valence-electron chi connectivity index (χ3n) is 9.03. The molecule has 0 radical (unpaired) electrons. The van der Waals surface area contributed by atoms with Crippen LogP contribution in [0, 0.1) is 17.3 Å². The molecule has 1 N–H and O–H groups in total. The molecule has 4 rings (SSSR count). The van der Waals surface area contributed by atoms with E-state index in [0.29, 0.717) is 31.0 Å². The van der Waals surface area contributed by atoms with Crippen molar-refractivity contribution in [2.24, 2.45) is 17.3 Å². The Bertz CT molecular complexity index is 1040. The number of likely N-dealkylation sites (tertiary alicyclic amines) is 1. The second-order valence-electron chi connectivity index (χ2n) is 12.6. The van der Waals surface area contributed by atoms with Gasteiger partial charge in [0.2, 0.25) is 5.91 Å². The number of amides is 2. The molecule has 1 aromatic rings. The summed E-state index contributed by atoms with van der Waals surface area (Å²) in [4.78, 5) is 42.7. The summed E-state index contributed by atoms with van der Waals surface area (Å²) < 4.78 is 1.51. The van der Waals surface area contributed by atoms with Crippen molar-refractivity contribution in [1.82, 2.24) is 14.4 Å². The van der Waals surface area contributed by atoms with Gasteiger partial charge in [-0.1, -0.05) is 52.9 Å². The number of rotatable bonds is 7. The van der Waals surface area contributed by atoms with Gasteiger partial charge >= 0.3 is 0 Å². The van der Waals surface area contributed by atoms with Crippen LogP contribution in [0.3, 0.4) is 0 Å². The molecule has 0 spiro atoms. The summed E-state index contributed by atoms with van der Waals surface area (Å²) in [5.41, 5.74) is -0.580. The maximum absolute atomic E-state index is 13.3. The number of carbonyl (C=O) groups is 2. The lowest BCUT2D eigenvalue weighted by Crippen LogP contribution is -2.61. The minimum atomic E-state index is -1.17. The summed E-state index contributed by atoms with van der Waals surface area (Å²) in [6.45, 7) is 7.05. The van der Waals surface area contributed by atoms with E-state index in [1.54, 1.807) is 26.4 Å². The molecular weight excluding hydrogens is 454 g/mol. The van der Waals surface area contributed by atoms with E-state index in [9.17, 15) is 19.5 Å². The highest BCUT2D eigenvalue weighted by Gasteiger charge is 2.49. The van der Waals surface area contributed by atoms with E-state index in [2.05, 4.69) is 6.92 Å². The fourth-order valence-corrected chi connectivity index (χ4v) is 6.32. The van der Waals surface area contributed by atoms with Gasteiger partial charge < -0.3 is 19.5 Å². The molecule has 2 atom stereocenters. The lowest BCUT2D eigenvalue weighted by atomic mass is 9.69. The van der Waals surface area contributed by atoms with Gasteiger partial charge in [0.15, 0.2) is 0 Å². The summed E-state index contributed by atoms with van der Waals surface area (Å²) in [6.07, 6.45) is 11.3. The molecule has 7 heteroatoms. The first-order valence-corrected chi connectivity index (χ1v) is 13.9. The Morgan fingerprint density at radius 3 is 2.39 bits per heavy atom. The first kappa shape index (κ1) is 26.9. The van der Waals surface area contributed by atoms with Crippen molar-refractivity contribution in [1.29, 1.82) is 0 Å². The molecule has 1 aromatic heterocycles. The normalized spacial score (nSPS) is 25.4. The molecule has 0 unspecified atom stereocenters. The third kappa shape index (κ3) is 5.56. The van der Waals surface area contributed by atoms with Crippen molar-refractivity contribution in [3.05, 3.63) is 33.7 Å². The molecule has 2 saturated carbocycles.